The van der Waals surface area contributed by atoms with E-state index in [0.717, 1.165) is 5.52 Å². The number of para-hydroxylation sites is 1. The van der Waals surface area contributed by atoms with Gasteiger partial charge in [0.25, 0.3) is 0 Å². The van der Waals surface area contributed by atoms with Crippen LogP contribution in [-0.2, 0) is 0 Å². The second kappa shape index (κ2) is 22.7. The molecule has 2 heteroatoms. The van der Waals surface area contributed by atoms with Crippen LogP contribution in [0.1, 0.15) is 55.4 Å². The van der Waals surface area contributed by atoms with Crippen molar-refractivity contribution >= 4 is 10.9 Å². The molecule has 0 saturated carbocycles. The molecule has 0 N–H and O–H groups in total. The summed E-state index contributed by atoms with van der Waals surface area (Å²) in [6.07, 6.45) is 3.07. The Balaban J connectivity index is -0.0000000959. The Bertz CT molecular complexity index is 298. The summed E-state index contributed by atoms with van der Waals surface area (Å²) in [6.45, 7) is 12.2. The zero-order valence-electron chi connectivity index (χ0n) is 12.6. The monoisotopic (exact) mass is 321 g/mol. The van der Waals surface area contributed by atoms with E-state index in [1.54, 1.807) is 0 Å². The second-order valence-electron chi connectivity index (χ2n) is 2.71. The smallest absolute Gasteiger partial charge is 0.664 e. The van der Waals surface area contributed by atoms with Gasteiger partial charge in [-0.25, -0.2) is 0 Å². The number of nitrogens with zero attached hydrogens (tertiary/aromatic N) is 1. The molecule has 0 spiro atoms. The Kier molecular flexibility index (Phi) is 34.1. The molecule has 0 fully saturated rings. The first-order valence-electron chi connectivity index (χ1n) is 6.35. The van der Waals surface area contributed by atoms with Crippen molar-refractivity contribution in [2.75, 3.05) is 0 Å². The molecular weight excluding hydrogens is 292 g/mol. The van der Waals surface area contributed by atoms with Gasteiger partial charge in [0.05, 0.1) is 0 Å². The fraction of sp³-hybridized carbons (Fsp3) is 0.500. The Labute approximate surface area is 164 Å². The second-order valence-corrected chi connectivity index (χ2v) is 2.71. The fourth-order valence-electron chi connectivity index (χ4n) is 0.944. The van der Waals surface area contributed by atoms with Gasteiger partial charge in [0, 0.05) is 0 Å². The minimum atomic E-state index is 0. The predicted octanol–water partition coefficient (Wildman–Crippen LogP) is 2.91. The number of hydrogen-bond donors (Lipinski definition) is 0. The van der Waals surface area contributed by atoms with E-state index in [1.807, 2.05) is 58.2 Å². The molecule has 0 aliphatic carbocycles. The molecule has 0 unspecified atom stereocenters. The summed E-state index contributed by atoms with van der Waals surface area (Å²) in [5.74, 6) is 0. The van der Waals surface area contributed by atoms with E-state index < -0.39 is 0 Å². The van der Waals surface area contributed by atoms with Crippen molar-refractivity contribution in [1.82, 2.24) is 4.98 Å². The summed E-state index contributed by atoms with van der Waals surface area (Å²) in [6, 6.07) is 10.1. The van der Waals surface area contributed by atoms with Crippen LogP contribution in [0.15, 0.2) is 36.5 Å². The van der Waals surface area contributed by atoms with Gasteiger partial charge in [0.2, 0.25) is 0 Å². The number of benzene rings is 1. The Morgan fingerprint density at radius 3 is 1.78 bits per heavy atom. The molecule has 0 aliphatic heterocycles. The minimum absolute atomic E-state index is 0. The predicted molar refractivity (Wildman–Crippen MR) is 82.7 cm³/mol. The molecule has 0 atom stereocenters. The van der Waals surface area contributed by atoms with E-state index in [0.29, 0.717) is 0 Å². The summed E-state index contributed by atoms with van der Waals surface area (Å²) in [4.78, 5) is 4.12. The Morgan fingerprint density at radius 2 is 1.33 bits per heavy atom. The quantitative estimate of drug-likeness (QED) is 0.727. The average molecular weight is 322 g/mol. The van der Waals surface area contributed by atoms with Crippen molar-refractivity contribution in [3.8, 4) is 0 Å². The van der Waals surface area contributed by atoms with Gasteiger partial charge in [-0.1, -0.05) is 85.7 Å². The molecular formula is C16H30NRb. The van der Waals surface area contributed by atoms with Crippen LogP contribution < -0.4 is 63.2 Å². The van der Waals surface area contributed by atoms with E-state index in [1.165, 1.54) is 11.8 Å². The third-order valence-electron chi connectivity index (χ3n) is 1.40. The largest absolute Gasteiger partial charge is 1.00 e. The zero-order chi connectivity index (χ0) is 12.8. The standard InChI is InChI=1S/C8H6N.C3H8.2C2H6.CH4.Rb/c1-2-4-8-7(3-1)5-6-9-8;1-3-2;2*1-2;;/h1-6H;3H2,1-2H3;2*1-2H3;1H4;/q-1;;;;;+1. The topological polar surface area (TPSA) is 14.1 Å². The van der Waals surface area contributed by atoms with E-state index in [4.69, 9.17) is 0 Å². The van der Waals surface area contributed by atoms with Gasteiger partial charge in [-0.2, -0.15) is 6.20 Å². The number of hydrogen-bond acceptors (Lipinski definition) is 0. The molecule has 0 radical (unpaired) electrons. The third-order valence-corrected chi connectivity index (χ3v) is 1.40. The Hall–Kier alpha value is 0.565. The first kappa shape index (κ1) is 27.0. The molecule has 0 aliphatic rings. The maximum Gasteiger partial charge on any atom is 1.00 e. The molecule has 1 heterocycles. The van der Waals surface area contributed by atoms with Gasteiger partial charge in [0.1, 0.15) is 0 Å². The fourth-order valence-corrected chi connectivity index (χ4v) is 0.944. The van der Waals surface area contributed by atoms with Crippen molar-refractivity contribution in [1.29, 1.82) is 0 Å². The molecule has 0 saturated heterocycles. The molecule has 0 amide bonds. The summed E-state index contributed by atoms with van der Waals surface area (Å²) >= 11 is 0. The van der Waals surface area contributed by atoms with Crippen LogP contribution in [0, 0.1) is 0 Å². The van der Waals surface area contributed by atoms with Gasteiger partial charge in [-0.05, 0) is 5.39 Å². The van der Waals surface area contributed by atoms with E-state index in [2.05, 4.69) is 24.9 Å². The Morgan fingerprint density at radius 1 is 0.889 bits per heavy atom. The zero-order valence-corrected chi connectivity index (χ0v) is 17.5. The van der Waals surface area contributed by atoms with Crippen LogP contribution in [0.4, 0.5) is 0 Å². The molecule has 0 bridgehead atoms. The van der Waals surface area contributed by atoms with Crippen molar-refractivity contribution in [2.45, 2.75) is 55.4 Å². The van der Waals surface area contributed by atoms with Crippen molar-refractivity contribution < 1.29 is 58.2 Å². The summed E-state index contributed by atoms with van der Waals surface area (Å²) in [7, 11) is 0. The molecule has 18 heavy (non-hydrogen) atoms. The van der Waals surface area contributed by atoms with Gasteiger partial charge in [-0.3, -0.25) is 0 Å². The summed E-state index contributed by atoms with van der Waals surface area (Å²) in [5, 5.41) is 1.22. The van der Waals surface area contributed by atoms with E-state index in [-0.39, 0.29) is 65.6 Å². The van der Waals surface area contributed by atoms with Crippen molar-refractivity contribution in [3.05, 3.63) is 36.5 Å². The van der Waals surface area contributed by atoms with Crippen LogP contribution in [0.25, 0.3) is 10.9 Å². The summed E-state index contributed by atoms with van der Waals surface area (Å²) < 4.78 is 0. The molecule has 100 valence electrons. The molecule has 2 rings (SSSR count). The van der Waals surface area contributed by atoms with Crippen LogP contribution >= 0.6 is 0 Å². The molecule has 1 nitrogen and oxygen atoms in total. The first-order valence-corrected chi connectivity index (χ1v) is 6.35. The van der Waals surface area contributed by atoms with Crippen LogP contribution in [0.3, 0.4) is 0 Å². The van der Waals surface area contributed by atoms with E-state index in [9.17, 15) is 0 Å². The number of fused-ring (bicyclic) bond motifs is 1. The van der Waals surface area contributed by atoms with Gasteiger partial charge < -0.3 is 4.98 Å². The SMILES string of the molecule is C.CC.CC.CCC.[Rb+].c1ccc2[n-]ccc2c1. The van der Waals surface area contributed by atoms with Crippen molar-refractivity contribution in [2.24, 2.45) is 0 Å². The first-order chi connectivity index (χ1) is 7.88. The van der Waals surface area contributed by atoms with Crippen LogP contribution in [0.2, 0.25) is 0 Å². The van der Waals surface area contributed by atoms with Crippen LogP contribution in [0.5, 0.6) is 0 Å². The molecule has 1 aromatic heterocycles. The molecule has 2 aromatic rings. The molecule has 1 aromatic carbocycles. The maximum absolute atomic E-state index is 4.12. The average Bonchev–Trinajstić information content (AvgIpc) is 2.83. The minimum Gasteiger partial charge on any atom is -0.664 e. The third kappa shape index (κ3) is 13.0. The van der Waals surface area contributed by atoms with Crippen molar-refractivity contribution in [3.63, 3.8) is 0 Å². The van der Waals surface area contributed by atoms with Gasteiger partial charge >= 0.3 is 58.2 Å². The van der Waals surface area contributed by atoms with Crippen LogP contribution in [-0.4, -0.2) is 0 Å². The maximum atomic E-state index is 4.12. The number of rotatable bonds is 0. The van der Waals surface area contributed by atoms with Gasteiger partial charge in [-0.15, -0.1) is 5.52 Å². The van der Waals surface area contributed by atoms with E-state index >= 15 is 0 Å². The van der Waals surface area contributed by atoms with Gasteiger partial charge in [0.15, 0.2) is 0 Å². The number of aromatic nitrogens is 1. The normalized spacial score (nSPS) is 6.78. The summed E-state index contributed by atoms with van der Waals surface area (Å²) in [5.41, 5.74) is 1.08.